The molecular weight excluding hydrogens is 464 g/mol. The minimum absolute atomic E-state index is 0.0510. The van der Waals surface area contributed by atoms with Crippen molar-refractivity contribution >= 4 is 43.2 Å². The van der Waals surface area contributed by atoms with Gasteiger partial charge in [0.1, 0.15) is 4.21 Å². The van der Waals surface area contributed by atoms with Crippen LogP contribution in [0.15, 0.2) is 20.1 Å². The fourth-order valence-electron chi connectivity index (χ4n) is 3.85. The monoisotopic (exact) mass is 492 g/mol. The van der Waals surface area contributed by atoms with Crippen molar-refractivity contribution in [3.63, 3.8) is 0 Å². The van der Waals surface area contributed by atoms with Crippen molar-refractivity contribution in [3.8, 4) is 0 Å². The van der Waals surface area contributed by atoms with Gasteiger partial charge in [-0.25, -0.2) is 8.42 Å². The normalized spacial score (nSPS) is 22.2. The summed E-state index contributed by atoms with van der Waals surface area (Å²) in [4.78, 5) is 12.5. The van der Waals surface area contributed by atoms with Crippen LogP contribution < -0.4 is 5.32 Å². The third-order valence-corrected chi connectivity index (χ3v) is 9.38. The molecule has 0 spiro atoms. The number of amides is 1. The Morgan fingerprint density at radius 2 is 2.00 bits per heavy atom. The third-order valence-electron chi connectivity index (χ3n) is 5.42. The van der Waals surface area contributed by atoms with E-state index in [4.69, 9.17) is 4.74 Å². The zero-order chi connectivity index (χ0) is 20.0. The SMILES string of the molecule is O=C(NCCCOC1CCCCC1)C1CCCN(S(=O)(=O)c2ccc(Br)s2)C1. The molecule has 2 heterocycles. The number of carbonyl (C=O) groups excluding carboxylic acids is 1. The molecule has 1 saturated heterocycles. The lowest BCUT2D eigenvalue weighted by molar-refractivity contribution is -0.126. The highest BCUT2D eigenvalue weighted by Gasteiger charge is 2.33. The van der Waals surface area contributed by atoms with E-state index in [1.54, 1.807) is 12.1 Å². The van der Waals surface area contributed by atoms with Crippen molar-refractivity contribution in [2.75, 3.05) is 26.2 Å². The topological polar surface area (TPSA) is 75.7 Å². The number of hydrogen-bond donors (Lipinski definition) is 1. The van der Waals surface area contributed by atoms with Crippen LogP contribution in [0.5, 0.6) is 0 Å². The van der Waals surface area contributed by atoms with Gasteiger partial charge in [-0.3, -0.25) is 4.79 Å². The molecule has 2 aliphatic rings. The Labute approximate surface area is 180 Å². The molecule has 0 bridgehead atoms. The van der Waals surface area contributed by atoms with Crippen LogP contribution in [0.1, 0.15) is 51.4 Å². The van der Waals surface area contributed by atoms with Crippen LogP contribution in [0.4, 0.5) is 0 Å². The van der Waals surface area contributed by atoms with Gasteiger partial charge < -0.3 is 10.1 Å². The first-order valence-electron chi connectivity index (χ1n) is 10.1. The number of nitrogens with zero attached hydrogens (tertiary/aromatic N) is 1. The summed E-state index contributed by atoms with van der Waals surface area (Å²) < 4.78 is 34.0. The van der Waals surface area contributed by atoms with E-state index in [1.807, 2.05) is 0 Å². The lowest BCUT2D eigenvalue weighted by Crippen LogP contribution is -2.45. The van der Waals surface area contributed by atoms with Gasteiger partial charge in [-0.15, -0.1) is 11.3 Å². The highest BCUT2D eigenvalue weighted by molar-refractivity contribution is 9.11. The fourth-order valence-corrected chi connectivity index (χ4v) is 7.54. The number of hydrogen-bond acceptors (Lipinski definition) is 5. The molecule has 0 radical (unpaired) electrons. The summed E-state index contributed by atoms with van der Waals surface area (Å²) in [5.74, 6) is -0.337. The molecule has 1 saturated carbocycles. The van der Waals surface area contributed by atoms with Crippen LogP contribution in [-0.2, 0) is 19.6 Å². The summed E-state index contributed by atoms with van der Waals surface area (Å²) >= 11 is 4.51. The van der Waals surface area contributed by atoms with Gasteiger partial charge in [0.05, 0.1) is 15.8 Å². The molecule has 1 aromatic rings. The number of carbonyl (C=O) groups is 1. The summed E-state index contributed by atoms with van der Waals surface area (Å²) in [6.07, 6.45) is 8.74. The van der Waals surface area contributed by atoms with Crippen molar-refractivity contribution in [1.29, 1.82) is 0 Å². The minimum Gasteiger partial charge on any atom is -0.378 e. The van der Waals surface area contributed by atoms with E-state index in [0.29, 0.717) is 36.4 Å². The van der Waals surface area contributed by atoms with E-state index in [1.165, 1.54) is 34.9 Å². The molecule has 1 atom stereocenters. The van der Waals surface area contributed by atoms with Gasteiger partial charge in [0.15, 0.2) is 0 Å². The molecule has 3 rings (SSSR count). The summed E-state index contributed by atoms with van der Waals surface area (Å²) in [7, 11) is -3.53. The van der Waals surface area contributed by atoms with Crippen LogP contribution in [0.3, 0.4) is 0 Å². The largest absolute Gasteiger partial charge is 0.378 e. The van der Waals surface area contributed by atoms with Crippen molar-refractivity contribution in [2.24, 2.45) is 5.92 Å². The Morgan fingerprint density at radius 3 is 2.71 bits per heavy atom. The standard InChI is InChI=1S/C19H29BrN2O4S2/c20-17-9-10-18(27-17)28(24,25)22-12-4-6-15(14-22)19(23)21-11-5-13-26-16-7-2-1-3-8-16/h9-10,15-16H,1-8,11-14H2,(H,21,23). The van der Waals surface area contributed by atoms with Gasteiger partial charge in [-0.2, -0.15) is 4.31 Å². The van der Waals surface area contributed by atoms with E-state index in [-0.39, 0.29) is 18.4 Å². The van der Waals surface area contributed by atoms with Crippen LogP contribution in [0.25, 0.3) is 0 Å². The Balaban J connectivity index is 1.41. The first-order chi connectivity index (χ1) is 13.5. The molecule has 2 fully saturated rings. The predicted molar refractivity (Wildman–Crippen MR) is 114 cm³/mol. The Morgan fingerprint density at radius 1 is 1.21 bits per heavy atom. The van der Waals surface area contributed by atoms with E-state index in [0.717, 1.165) is 29.5 Å². The van der Waals surface area contributed by atoms with Crippen LogP contribution in [0, 0.1) is 5.92 Å². The van der Waals surface area contributed by atoms with E-state index < -0.39 is 10.0 Å². The first kappa shape index (κ1) is 22.2. The summed E-state index contributed by atoms with van der Waals surface area (Å²) in [6, 6.07) is 3.35. The van der Waals surface area contributed by atoms with Crippen molar-refractivity contribution in [1.82, 2.24) is 9.62 Å². The summed E-state index contributed by atoms with van der Waals surface area (Å²) in [5.41, 5.74) is 0. The predicted octanol–water partition coefficient (Wildman–Crippen LogP) is 3.77. The second-order valence-electron chi connectivity index (χ2n) is 7.54. The van der Waals surface area contributed by atoms with Crippen LogP contribution >= 0.6 is 27.3 Å². The van der Waals surface area contributed by atoms with E-state index in [2.05, 4.69) is 21.2 Å². The smallest absolute Gasteiger partial charge is 0.252 e. The molecule has 1 amide bonds. The Bertz CT molecular complexity index is 747. The molecule has 1 N–H and O–H groups in total. The fraction of sp³-hybridized carbons (Fsp3) is 0.737. The molecule has 6 nitrogen and oxygen atoms in total. The number of rotatable bonds is 8. The van der Waals surface area contributed by atoms with Gasteiger partial charge in [0.25, 0.3) is 10.0 Å². The number of halogens is 1. The van der Waals surface area contributed by atoms with Gasteiger partial charge in [-0.1, -0.05) is 19.3 Å². The second kappa shape index (κ2) is 10.5. The number of nitrogens with one attached hydrogen (secondary N) is 1. The average Bonchev–Trinajstić information content (AvgIpc) is 3.16. The molecule has 1 aliphatic heterocycles. The Kier molecular flexibility index (Phi) is 8.34. The maximum absolute atomic E-state index is 12.8. The van der Waals surface area contributed by atoms with Crippen LogP contribution in [-0.4, -0.2) is 51.0 Å². The molecule has 28 heavy (non-hydrogen) atoms. The third kappa shape index (κ3) is 6.01. The lowest BCUT2D eigenvalue weighted by atomic mass is 9.98. The summed E-state index contributed by atoms with van der Waals surface area (Å²) in [6.45, 7) is 1.97. The van der Waals surface area contributed by atoms with Crippen molar-refractivity contribution < 1.29 is 17.9 Å². The minimum atomic E-state index is -3.53. The van der Waals surface area contributed by atoms with E-state index in [9.17, 15) is 13.2 Å². The molecule has 1 aromatic heterocycles. The first-order valence-corrected chi connectivity index (χ1v) is 13.2. The zero-order valence-electron chi connectivity index (χ0n) is 16.1. The number of piperidine rings is 1. The van der Waals surface area contributed by atoms with Gasteiger partial charge in [0.2, 0.25) is 5.91 Å². The molecule has 0 aromatic carbocycles. The molecule has 1 aliphatic carbocycles. The van der Waals surface area contributed by atoms with Gasteiger partial charge in [0, 0.05) is 26.2 Å². The Hall–Kier alpha value is -0.480. The lowest BCUT2D eigenvalue weighted by Gasteiger charge is -2.30. The zero-order valence-corrected chi connectivity index (χ0v) is 19.3. The van der Waals surface area contributed by atoms with Crippen molar-refractivity contribution in [2.45, 2.75) is 61.7 Å². The van der Waals surface area contributed by atoms with Gasteiger partial charge in [-0.05, 0) is 60.2 Å². The summed E-state index contributed by atoms with van der Waals surface area (Å²) in [5, 5.41) is 2.96. The molecule has 9 heteroatoms. The molecule has 158 valence electrons. The second-order valence-corrected chi connectivity index (χ2v) is 12.2. The van der Waals surface area contributed by atoms with Crippen molar-refractivity contribution in [3.05, 3.63) is 15.9 Å². The molecule has 1 unspecified atom stereocenters. The average molecular weight is 493 g/mol. The maximum Gasteiger partial charge on any atom is 0.252 e. The number of thiophene rings is 1. The quantitative estimate of drug-likeness (QED) is 0.560. The van der Waals surface area contributed by atoms with Crippen LogP contribution in [0.2, 0.25) is 0 Å². The number of ether oxygens (including phenoxy) is 1. The highest BCUT2D eigenvalue weighted by atomic mass is 79.9. The van der Waals surface area contributed by atoms with Gasteiger partial charge >= 0.3 is 0 Å². The maximum atomic E-state index is 12.8. The number of sulfonamides is 1. The van der Waals surface area contributed by atoms with E-state index >= 15 is 0 Å². The highest BCUT2D eigenvalue weighted by Crippen LogP contribution is 2.30. The molecular formula is C19H29BrN2O4S2.